The predicted molar refractivity (Wildman–Crippen MR) is 122 cm³/mol. The van der Waals surface area contributed by atoms with Crippen molar-refractivity contribution in [2.24, 2.45) is 10.1 Å². The molecule has 0 unspecified atom stereocenters. The van der Waals surface area contributed by atoms with E-state index >= 15 is 0 Å². The normalized spacial score (nSPS) is 18.2. The number of benzene rings is 2. The highest BCUT2D eigenvalue weighted by atomic mass is 15.3. The molecule has 0 spiro atoms. The highest BCUT2D eigenvalue weighted by molar-refractivity contribution is 6.04. The van der Waals surface area contributed by atoms with E-state index in [2.05, 4.69) is 64.0 Å². The molecule has 152 valence electrons. The first-order valence-corrected chi connectivity index (χ1v) is 11.1. The summed E-state index contributed by atoms with van der Waals surface area (Å²) in [4.78, 5) is 7.32. The summed E-state index contributed by atoms with van der Waals surface area (Å²) < 4.78 is 0. The third-order valence-corrected chi connectivity index (χ3v) is 5.92. The third kappa shape index (κ3) is 5.77. The molecule has 4 nitrogen and oxygen atoms in total. The van der Waals surface area contributed by atoms with Crippen molar-refractivity contribution in [3.8, 4) is 0 Å². The first-order valence-electron chi connectivity index (χ1n) is 11.1. The average Bonchev–Trinajstić information content (AvgIpc) is 2.79. The summed E-state index contributed by atoms with van der Waals surface area (Å²) >= 11 is 0. The van der Waals surface area contributed by atoms with E-state index in [0.29, 0.717) is 0 Å². The van der Waals surface area contributed by atoms with Crippen LogP contribution in [-0.4, -0.2) is 36.1 Å². The van der Waals surface area contributed by atoms with Crippen molar-refractivity contribution in [3.63, 3.8) is 0 Å². The SMILES string of the molecule is c1ccc(C2=NNC(=NCCCCCCN3CCc4ccccc4C3)CC2)cc1. The van der Waals surface area contributed by atoms with Crippen LogP contribution < -0.4 is 5.43 Å². The topological polar surface area (TPSA) is 40.0 Å². The molecule has 0 fully saturated rings. The van der Waals surface area contributed by atoms with Crippen molar-refractivity contribution < 1.29 is 0 Å². The zero-order valence-electron chi connectivity index (χ0n) is 17.3. The van der Waals surface area contributed by atoms with Gasteiger partial charge in [0, 0.05) is 26.1 Å². The van der Waals surface area contributed by atoms with Crippen molar-refractivity contribution in [1.82, 2.24) is 10.3 Å². The molecule has 2 aromatic carbocycles. The van der Waals surface area contributed by atoms with Gasteiger partial charge in [-0.1, -0.05) is 67.4 Å². The Balaban J connectivity index is 1.09. The van der Waals surface area contributed by atoms with E-state index < -0.39 is 0 Å². The van der Waals surface area contributed by atoms with Crippen molar-refractivity contribution in [3.05, 3.63) is 71.3 Å². The van der Waals surface area contributed by atoms with Gasteiger partial charge in [0.15, 0.2) is 0 Å². The van der Waals surface area contributed by atoms with E-state index in [1.165, 1.54) is 56.3 Å². The van der Waals surface area contributed by atoms with E-state index in [0.717, 1.165) is 37.5 Å². The maximum absolute atomic E-state index is 4.71. The van der Waals surface area contributed by atoms with E-state index in [9.17, 15) is 0 Å². The quantitative estimate of drug-likeness (QED) is 0.661. The second kappa shape index (κ2) is 10.4. The number of nitrogens with one attached hydrogen (secondary N) is 1. The number of amidine groups is 1. The van der Waals surface area contributed by atoms with Crippen LogP contribution in [0.1, 0.15) is 55.2 Å². The Morgan fingerprint density at radius 2 is 1.62 bits per heavy atom. The first kappa shape index (κ1) is 19.8. The Bertz CT molecular complexity index is 841. The van der Waals surface area contributed by atoms with Gasteiger partial charge in [-0.2, -0.15) is 5.10 Å². The summed E-state index contributed by atoms with van der Waals surface area (Å²) in [6, 6.07) is 19.3. The van der Waals surface area contributed by atoms with Gasteiger partial charge in [-0.05, 0) is 48.9 Å². The molecule has 0 aliphatic carbocycles. The second-order valence-electron chi connectivity index (χ2n) is 8.07. The Morgan fingerprint density at radius 3 is 2.45 bits per heavy atom. The number of unbranched alkanes of at least 4 members (excludes halogenated alkanes) is 3. The van der Waals surface area contributed by atoms with Gasteiger partial charge in [0.2, 0.25) is 0 Å². The van der Waals surface area contributed by atoms with E-state index in [1.54, 1.807) is 5.56 Å². The molecule has 0 amide bonds. The third-order valence-electron chi connectivity index (χ3n) is 5.92. The number of aliphatic imine (C=N–C) groups is 1. The fraction of sp³-hybridized carbons (Fsp3) is 0.440. The van der Waals surface area contributed by atoms with E-state index in [-0.39, 0.29) is 0 Å². The Labute approximate surface area is 174 Å². The van der Waals surface area contributed by atoms with Gasteiger partial charge < -0.3 is 0 Å². The van der Waals surface area contributed by atoms with Crippen LogP contribution in [0.5, 0.6) is 0 Å². The van der Waals surface area contributed by atoms with Gasteiger partial charge >= 0.3 is 0 Å². The maximum atomic E-state index is 4.71. The van der Waals surface area contributed by atoms with Gasteiger partial charge in [-0.25, -0.2) is 0 Å². The summed E-state index contributed by atoms with van der Waals surface area (Å²) in [6.45, 7) is 4.47. The lowest BCUT2D eigenvalue weighted by Crippen LogP contribution is -2.31. The van der Waals surface area contributed by atoms with Crippen LogP contribution in [0.2, 0.25) is 0 Å². The standard InChI is InChI=1S/C25H32N4/c1(2-9-18-29-19-16-21-10-6-7-13-23(21)20-29)8-17-26-25-15-14-24(27-28-25)22-11-4-3-5-12-22/h3-7,10-13H,1-2,8-9,14-20H2,(H,26,28). The summed E-state index contributed by atoms with van der Waals surface area (Å²) in [7, 11) is 0. The molecule has 1 N–H and O–H groups in total. The molecule has 2 heterocycles. The lowest BCUT2D eigenvalue weighted by molar-refractivity contribution is 0.248. The van der Waals surface area contributed by atoms with Gasteiger partial charge in [0.25, 0.3) is 0 Å². The first-order chi connectivity index (χ1) is 14.4. The number of rotatable bonds is 8. The van der Waals surface area contributed by atoms with Gasteiger partial charge in [0.1, 0.15) is 5.84 Å². The Hall–Kier alpha value is -2.46. The summed E-state index contributed by atoms with van der Waals surface area (Å²) in [5, 5.41) is 4.51. The molecule has 4 heteroatoms. The van der Waals surface area contributed by atoms with Crippen LogP contribution in [0.25, 0.3) is 0 Å². The highest BCUT2D eigenvalue weighted by Crippen LogP contribution is 2.19. The fourth-order valence-electron chi connectivity index (χ4n) is 4.19. The number of fused-ring (bicyclic) bond motifs is 1. The lowest BCUT2D eigenvalue weighted by atomic mass is 10.00. The number of hydrogen-bond acceptors (Lipinski definition) is 3. The van der Waals surface area contributed by atoms with Crippen LogP contribution in [-0.2, 0) is 13.0 Å². The van der Waals surface area contributed by atoms with Crippen molar-refractivity contribution in [2.75, 3.05) is 19.6 Å². The molecule has 2 aliphatic rings. The Morgan fingerprint density at radius 1 is 0.828 bits per heavy atom. The van der Waals surface area contributed by atoms with Crippen molar-refractivity contribution >= 4 is 11.5 Å². The fourth-order valence-corrected chi connectivity index (χ4v) is 4.19. The van der Waals surface area contributed by atoms with E-state index in [1.807, 2.05) is 6.07 Å². The van der Waals surface area contributed by atoms with Crippen LogP contribution in [0.15, 0.2) is 64.7 Å². The minimum atomic E-state index is 0.912. The molecule has 4 rings (SSSR count). The summed E-state index contributed by atoms with van der Waals surface area (Å²) in [6.07, 6.45) is 8.16. The monoisotopic (exact) mass is 388 g/mol. The molecule has 0 radical (unpaired) electrons. The number of hydrogen-bond donors (Lipinski definition) is 1. The number of hydrazone groups is 1. The largest absolute Gasteiger partial charge is 0.299 e. The molecular formula is C25H32N4. The maximum Gasteiger partial charge on any atom is 0.117 e. The zero-order chi connectivity index (χ0) is 19.7. The van der Waals surface area contributed by atoms with Crippen LogP contribution in [0.3, 0.4) is 0 Å². The predicted octanol–water partition coefficient (Wildman–Crippen LogP) is 4.79. The van der Waals surface area contributed by atoms with Crippen LogP contribution >= 0.6 is 0 Å². The summed E-state index contributed by atoms with van der Waals surface area (Å²) in [5.74, 6) is 1.04. The van der Waals surface area contributed by atoms with Gasteiger partial charge in [-0.15, -0.1) is 0 Å². The molecule has 0 saturated heterocycles. The minimum Gasteiger partial charge on any atom is -0.299 e. The van der Waals surface area contributed by atoms with Crippen molar-refractivity contribution in [1.29, 1.82) is 0 Å². The minimum absolute atomic E-state index is 0.912. The average molecular weight is 389 g/mol. The van der Waals surface area contributed by atoms with Crippen LogP contribution in [0.4, 0.5) is 0 Å². The van der Waals surface area contributed by atoms with Gasteiger partial charge in [0.05, 0.1) is 5.71 Å². The molecular weight excluding hydrogens is 356 g/mol. The smallest absolute Gasteiger partial charge is 0.117 e. The zero-order valence-corrected chi connectivity index (χ0v) is 17.3. The van der Waals surface area contributed by atoms with E-state index in [4.69, 9.17) is 4.99 Å². The highest BCUT2D eigenvalue weighted by Gasteiger charge is 2.15. The second-order valence-corrected chi connectivity index (χ2v) is 8.07. The molecule has 29 heavy (non-hydrogen) atoms. The van der Waals surface area contributed by atoms with Crippen molar-refractivity contribution in [2.45, 2.75) is 51.5 Å². The molecule has 0 saturated carbocycles. The molecule has 0 aromatic heterocycles. The Kier molecular flexibility index (Phi) is 7.08. The lowest BCUT2D eigenvalue weighted by Gasteiger charge is -2.28. The molecule has 2 aliphatic heterocycles. The summed E-state index contributed by atoms with van der Waals surface area (Å²) in [5.41, 5.74) is 8.55. The molecule has 2 aromatic rings. The van der Waals surface area contributed by atoms with Gasteiger partial charge in [-0.3, -0.25) is 15.3 Å². The molecule has 0 atom stereocenters. The molecule has 0 bridgehead atoms. The number of nitrogens with zero attached hydrogens (tertiary/aromatic N) is 3. The van der Waals surface area contributed by atoms with Crippen LogP contribution in [0, 0.1) is 0 Å².